The van der Waals surface area contributed by atoms with Crippen LogP contribution in [-0.4, -0.2) is 35.2 Å². The summed E-state index contributed by atoms with van der Waals surface area (Å²) in [7, 11) is 0. The van der Waals surface area contributed by atoms with E-state index in [4.69, 9.17) is 0 Å². The molecule has 0 spiro atoms. The minimum Gasteiger partial charge on any atom is -0.395 e. The molecule has 0 bridgehead atoms. The van der Waals surface area contributed by atoms with E-state index in [1.54, 1.807) is 0 Å². The molecule has 1 saturated heterocycles. The molecule has 122 valence electrons. The highest BCUT2D eigenvalue weighted by Crippen LogP contribution is 2.21. The molecule has 1 aliphatic heterocycles. The summed E-state index contributed by atoms with van der Waals surface area (Å²) in [6, 6.07) is 20.6. The monoisotopic (exact) mass is 317 g/mol. The van der Waals surface area contributed by atoms with Crippen molar-refractivity contribution in [3.63, 3.8) is 0 Å². The van der Waals surface area contributed by atoms with Gasteiger partial charge in [0.05, 0.1) is 12.6 Å². The van der Waals surface area contributed by atoms with Crippen LogP contribution in [0.4, 0.5) is 0 Å². The molecule has 0 aromatic heterocycles. The smallest absolute Gasteiger partial charge is 0.0910 e. The van der Waals surface area contributed by atoms with Gasteiger partial charge in [-0.05, 0) is 30.5 Å². The van der Waals surface area contributed by atoms with Gasteiger partial charge in [-0.25, -0.2) is 0 Å². The molecule has 24 heavy (non-hydrogen) atoms. The van der Waals surface area contributed by atoms with E-state index in [-0.39, 0.29) is 18.7 Å². The fourth-order valence-electron chi connectivity index (χ4n) is 3.11. The Morgan fingerprint density at radius 3 is 2.50 bits per heavy atom. The lowest BCUT2D eigenvalue weighted by molar-refractivity contribution is 0.154. The van der Waals surface area contributed by atoms with Crippen molar-refractivity contribution in [2.24, 2.45) is 0 Å². The largest absolute Gasteiger partial charge is 0.395 e. The lowest BCUT2D eigenvalue weighted by Crippen LogP contribution is -2.39. The second-order valence-corrected chi connectivity index (χ2v) is 6.07. The summed E-state index contributed by atoms with van der Waals surface area (Å²) in [5.74, 6) is 6.67. The molecule has 1 fully saturated rings. The van der Waals surface area contributed by atoms with Crippen LogP contribution in [0.5, 0.6) is 0 Å². The Labute approximate surface area is 144 Å². The summed E-state index contributed by atoms with van der Waals surface area (Å²) in [5.41, 5.74) is 2.19. The molecule has 0 radical (unpaired) electrons. The van der Waals surface area contributed by atoms with Crippen molar-refractivity contribution < 1.29 is 5.11 Å². The van der Waals surface area contributed by atoms with Crippen LogP contribution >= 0.6 is 0 Å². The maximum atomic E-state index is 9.64. The van der Waals surface area contributed by atoms with Crippen molar-refractivity contribution in [1.29, 1.82) is 0 Å². The molecule has 2 aromatic rings. The minimum atomic E-state index is 0.0186. The van der Waals surface area contributed by atoms with Crippen molar-refractivity contribution in [2.45, 2.75) is 24.9 Å². The number of benzene rings is 2. The first-order valence-corrected chi connectivity index (χ1v) is 8.53. The Morgan fingerprint density at radius 2 is 1.79 bits per heavy atom. The second-order valence-electron chi connectivity index (χ2n) is 6.07. The summed E-state index contributed by atoms with van der Waals surface area (Å²) in [4.78, 5) is 2.31. The number of aliphatic hydroxyl groups is 1. The van der Waals surface area contributed by atoms with E-state index in [9.17, 15) is 5.11 Å². The van der Waals surface area contributed by atoms with Crippen molar-refractivity contribution in [1.82, 2.24) is 4.90 Å². The van der Waals surface area contributed by atoms with Crippen LogP contribution in [0.25, 0.3) is 6.08 Å². The van der Waals surface area contributed by atoms with Crippen LogP contribution < -0.4 is 0 Å². The van der Waals surface area contributed by atoms with Gasteiger partial charge in [0.2, 0.25) is 0 Å². The first kappa shape index (κ1) is 16.5. The minimum absolute atomic E-state index is 0.0186. The Balaban J connectivity index is 1.83. The molecule has 0 aliphatic carbocycles. The van der Waals surface area contributed by atoms with Crippen molar-refractivity contribution >= 4 is 6.08 Å². The Bertz CT molecular complexity index is 712. The number of nitrogens with zero attached hydrogens (tertiary/aromatic N) is 1. The third-order valence-corrected chi connectivity index (χ3v) is 4.40. The Hall–Kier alpha value is -2.34. The lowest BCUT2D eigenvalue weighted by atomic mass is 10.1. The average Bonchev–Trinajstić information content (AvgIpc) is 3.12. The van der Waals surface area contributed by atoms with E-state index < -0.39 is 0 Å². The molecule has 2 nitrogen and oxygen atoms in total. The first-order chi connectivity index (χ1) is 11.9. The van der Waals surface area contributed by atoms with Gasteiger partial charge in [0.25, 0.3) is 0 Å². The van der Waals surface area contributed by atoms with Crippen LogP contribution in [0.15, 0.2) is 66.7 Å². The zero-order chi connectivity index (χ0) is 16.6. The Morgan fingerprint density at radius 1 is 1.08 bits per heavy atom. The summed E-state index contributed by atoms with van der Waals surface area (Å²) in [5, 5.41) is 9.64. The molecule has 2 atom stereocenters. The summed E-state index contributed by atoms with van der Waals surface area (Å²) < 4.78 is 0. The normalized spacial score (nSPS) is 19.1. The van der Waals surface area contributed by atoms with E-state index >= 15 is 0 Å². The Kier molecular flexibility index (Phi) is 5.85. The van der Waals surface area contributed by atoms with Gasteiger partial charge < -0.3 is 5.11 Å². The third-order valence-electron chi connectivity index (χ3n) is 4.40. The van der Waals surface area contributed by atoms with Gasteiger partial charge in [0.1, 0.15) is 0 Å². The summed E-state index contributed by atoms with van der Waals surface area (Å²) >= 11 is 0. The predicted octanol–water partition coefficient (Wildman–Crippen LogP) is 3.58. The highest BCUT2D eigenvalue weighted by molar-refractivity contribution is 5.51. The van der Waals surface area contributed by atoms with Gasteiger partial charge in [0, 0.05) is 18.2 Å². The highest BCUT2D eigenvalue weighted by atomic mass is 16.3. The summed E-state index contributed by atoms with van der Waals surface area (Å²) in [6.45, 7) is 1.18. The first-order valence-electron chi connectivity index (χ1n) is 8.53. The SMILES string of the molecule is OC[C@@H]1CCCN1[C@H](C#Cc1ccccc1)/C=C/c1ccccc1. The number of aliphatic hydroxyl groups excluding tert-OH is 1. The number of likely N-dealkylation sites (tertiary alicyclic amines) is 1. The number of hydrogen-bond donors (Lipinski definition) is 1. The van der Waals surface area contributed by atoms with Crippen LogP contribution in [0.1, 0.15) is 24.0 Å². The topological polar surface area (TPSA) is 23.5 Å². The van der Waals surface area contributed by atoms with E-state index in [0.717, 1.165) is 24.9 Å². The second kappa shape index (κ2) is 8.49. The van der Waals surface area contributed by atoms with Crippen molar-refractivity contribution in [3.8, 4) is 11.8 Å². The van der Waals surface area contributed by atoms with Gasteiger partial charge in [-0.15, -0.1) is 0 Å². The average molecular weight is 317 g/mol. The van der Waals surface area contributed by atoms with Gasteiger partial charge >= 0.3 is 0 Å². The quantitative estimate of drug-likeness (QED) is 0.871. The molecule has 1 N–H and O–H groups in total. The molecule has 0 amide bonds. The molecule has 0 saturated carbocycles. The number of hydrogen-bond acceptors (Lipinski definition) is 2. The highest BCUT2D eigenvalue weighted by Gasteiger charge is 2.27. The van der Waals surface area contributed by atoms with E-state index in [1.807, 2.05) is 48.5 Å². The molecule has 2 heteroatoms. The summed E-state index contributed by atoms with van der Waals surface area (Å²) in [6.07, 6.45) is 6.43. The van der Waals surface area contributed by atoms with Crippen LogP contribution in [0.2, 0.25) is 0 Å². The molecular formula is C22H23NO. The van der Waals surface area contributed by atoms with E-state index in [2.05, 4.69) is 41.0 Å². The fraction of sp³-hybridized carbons (Fsp3) is 0.273. The molecule has 0 unspecified atom stereocenters. The van der Waals surface area contributed by atoms with Crippen molar-refractivity contribution in [2.75, 3.05) is 13.2 Å². The maximum absolute atomic E-state index is 9.64. The molecule has 2 aromatic carbocycles. The van der Waals surface area contributed by atoms with Crippen LogP contribution in [0.3, 0.4) is 0 Å². The van der Waals surface area contributed by atoms with Gasteiger partial charge in [-0.1, -0.05) is 72.5 Å². The van der Waals surface area contributed by atoms with Crippen molar-refractivity contribution in [3.05, 3.63) is 77.9 Å². The predicted molar refractivity (Wildman–Crippen MR) is 99.4 cm³/mol. The third kappa shape index (κ3) is 4.35. The zero-order valence-electron chi connectivity index (χ0n) is 13.8. The molecule has 1 heterocycles. The van der Waals surface area contributed by atoms with Gasteiger partial charge in [-0.2, -0.15) is 0 Å². The van der Waals surface area contributed by atoms with E-state index in [1.165, 1.54) is 5.56 Å². The van der Waals surface area contributed by atoms with E-state index in [0.29, 0.717) is 0 Å². The lowest BCUT2D eigenvalue weighted by Gasteiger charge is -2.26. The van der Waals surface area contributed by atoms with Crippen LogP contribution in [-0.2, 0) is 0 Å². The molecule has 3 rings (SSSR count). The number of rotatable bonds is 4. The zero-order valence-corrected chi connectivity index (χ0v) is 13.8. The fourth-order valence-corrected chi connectivity index (χ4v) is 3.11. The molecule has 1 aliphatic rings. The standard InChI is InChI=1S/C22H23NO/c24-18-22-12-7-17-23(22)21(15-13-19-8-3-1-4-9-19)16-14-20-10-5-2-6-11-20/h1-6,8-11,13,15,21-22,24H,7,12,17-18H2/b15-13+/t21-,22-/m0/s1. The maximum Gasteiger partial charge on any atom is 0.0910 e. The van der Waals surface area contributed by atoms with Gasteiger partial charge in [-0.3, -0.25) is 4.90 Å². The van der Waals surface area contributed by atoms with Crippen LogP contribution in [0, 0.1) is 11.8 Å². The molecular weight excluding hydrogens is 294 g/mol. The van der Waals surface area contributed by atoms with Gasteiger partial charge in [0.15, 0.2) is 0 Å².